The number of hydrogen-bond donors (Lipinski definition) is 1. The van der Waals surface area contributed by atoms with E-state index in [9.17, 15) is 0 Å². The monoisotopic (exact) mass is 364 g/mol. The van der Waals surface area contributed by atoms with Crippen LogP contribution in [0.1, 0.15) is 23.3 Å². The smallest absolute Gasteiger partial charge is 0.174 e. The Balaban J connectivity index is 1.82. The van der Waals surface area contributed by atoms with Crippen LogP contribution in [0.4, 0.5) is 5.69 Å². The van der Waals surface area contributed by atoms with Gasteiger partial charge in [-0.15, -0.1) is 0 Å². The summed E-state index contributed by atoms with van der Waals surface area (Å²) in [5.41, 5.74) is 3.14. The van der Waals surface area contributed by atoms with Crippen molar-refractivity contribution in [3.8, 4) is 5.75 Å². The summed E-state index contributed by atoms with van der Waals surface area (Å²) in [6, 6.07) is 16.0. The van der Waals surface area contributed by atoms with Crippen LogP contribution in [-0.4, -0.2) is 21.8 Å². The van der Waals surface area contributed by atoms with Gasteiger partial charge in [0, 0.05) is 37.4 Å². The van der Waals surface area contributed by atoms with Gasteiger partial charge >= 0.3 is 0 Å². The van der Waals surface area contributed by atoms with E-state index in [4.69, 9.17) is 17.0 Å². The molecule has 0 bridgehead atoms. The zero-order valence-corrected chi connectivity index (χ0v) is 15.5. The van der Waals surface area contributed by atoms with Gasteiger partial charge in [0.25, 0.3) is 0 Å². The van der Waals surface area contributed by atoms with Crippen molar-refractivity contribution < 1.29 is 4.74 Å². The largest absolute Gasteiger partial charge is 0.497 e. The average molecular weight is 364 g/mol. The molecule has 0 amide bonds. The van der Waals surface area contributed by atoms with Gasteiger partial charge in [-0.3, -0.25) is 4.98 Å². The normalized spacial score (nSPS) is 19.5. The summed E-state index contributed by atoms with van der Waals surface area (Å²) >= 11 is 5.70. The number of methoxy groups -OCH3 is 1. The summed E-state index contributed by atoms with van der Waals surface area (Å²) in [6.45, 7) is 0. The van der Waals surface area contributed by atoms with Gasteiger partial charge in [0.15, 0.2) is 5.11 Å². The first-order chi connectivity index (χ1) is 12.7. The number of thiocarbonyl (C=S) groups is 1. The van der Waals surface area contributed by atoms with E-state index in [1.54, 1.807) is 7.11 Å². The lowest BCUT2D eigenvalue weighted by atomic mass is 9.98. The Hall–Kier alpha value is -2.86. The number of benzene rings is 1. The summed E-state index contributed by atoms with van der Waals surface area (Å²) in [6.07, 6.45) is 6.00. The Kier molecular flexibility index (Phi) is 4.34. The summed E-state index contributed by atoms with van der Waals surface area (Å²) in [5.74, 6) is 0.804. The molecule has 3 aromatic rings. The van der Waals surface area contributed by atoms with Gasteiger partial charge in [-0.25, -0.2) is 0 Å². The predicted molar refractivity (Wildman–Crippen MR) is 106 cm³/mol. The Bertz CT molecular complexity index is 924. The maximum atomic E-state index is 5.70. The minimum absolute atomic E-state index is 0.00528. The number of rotatable bonds is 4. The van der Waals surface area contributed by atoms with Crippen LogP contribution in [0.5, 0.6) is 5.75 Å². The van der Waals surface area contributed by atoms with Crippen LogP contribution < -0.4 is 15.0 Å². The summed E-state index contributed by atoms with van der Waals surface area (Å²) < 4.78 is 7.45. The second-order valence-electron chi connectivity index (χ2n) is 6.31. The fourth-order valence-corrected chi connectivity index (χ4v) is 3.78. The van der Waals surface area contributed by atoms with Gasteiger partial charge < -0.3 is 19.5 Å². The summed E-state index contributed by atoms with van der Waals surface area (Å²) in [4.78, 5) is 6.70. The molecular weight excluding hydrogens is 344 g/mol. The Morgan fingerprint density at radius 2 is 2.04 bits per heavy atom. The molecule has 1 aliphatic rings. The summed E-state index contributed by atoms with van der Waals surface area (Å²) in [5, 5.41) is 4.14. The second kappa shape index (κ2) is 6.80. The minimum Gasteiger partial charge on any atom is -0.497 e. The molecule has 2 atom stereocenters. The fraction of sp³-hybridized carbons (Fsp3) is 0.200. The Labute approximate surface area is 158 Å². The lowest BCUT2D eigenvalue weighted by molar-refractivity contribution is 0.415. The SMILES string of the molecule is COc1cccc(N2C(=S)N[C@@H](c3ccccn3)[C@@H]2c2ccn(C)c2)c1. The number of ether oxygens (including phenoxy) is 1. The zero-order valence-electron chi connectivity index (χ0n) is 14.7. The molecule has 0 spiro atoms. The van der Waals surface area contributed by atoms with E-state index >= 15 is 0 Å². The quantitative estimate of drug-likeness (QED) is 0.717. The highest BCUT2D eigenvalue weighted by Crippen LogP contribution is 2.42. The molecule has 0 radical (unpaired) electrons. The van der Waals surface area contributed by atoms with Gasteiger partial charge in [-0.05, 0) is 48.1 Å². The van der Waals surface area contributed by atoms with Crippen molar-refractivity contribution in [1.29, 1.82) is 0 Å². The summed E-state index contributed by atoms with van der Waals surface area (Å²) in [7, 11) is 3.70. The van der Waals surface area contributed by atoms with Crippen LogP contribution >= 0.6 is 12.2 Å². The first kappa shape index (κ1) is 16.6. The first-order valence-electron chi connectivity index (χ1n) is 8.44. The second-order valence-corrected chi connectivity index (χ2v) is 6.70. The molecule has 1 N–H and O–H groups in total. The highest BCUT2D eigenvalue weighted by molar-refractivity contribution is 7.80. The highest BCUT2D eigenvalue weighted by Gasteiger charge is 2.41. The third-order valence-electron chi connectivity index (χ3n) is 4.63. The topological polar surface area (TPSA) is 42.3 Å². The van der Waals surface area contributed by atoms with Crippen molar-refractivity contribution in [2.45, 2.75) is 12.1 Å². The van der Waals surface area contributed by atoms with E-state index in [2.05, 4.69) is 38.2 Å². The average Bonchev–Trinajstić information content (AvgIpc) is 3.25. The number of nitrogens with one attached hydrogen (secondary N) is 1. The van der Waals surface area contributed by atoms with Crippen molar-refractivity contribution in [2.24, 2.45) is 7.05 Å². The number of anilines is 1. The van der Waals surface area contributed by atoms with Gasteiger partial charge in [0.2, 0.25) is 0 Å². The standard InChI is InChI=1S/C20H20N4OS/c1-23-11-9-14(13-23)19-18(17-8-3-4-10-21-17)22-20(26)24(19)15-6-5-7-16(12-15)25-2/h3-13,18-19H,1-2H3,(H,22,26)/t18-,19-/m0/s1. The van der Waals surface area contributed by atoms with Gasteiger partial charge in [-0.1, -0.05) is 12.1 Å². The maximum absolute atomic E-state index is 5.70. The van der Waals surface area contributed by atoms with Crippen molar-refractivity contribution in [3.05, 3.63) is 78.4 Å². The Morgan fingerprint density at radius 3 is 2.73 bits per heavy atom. The number of aryl methyl sites for hydroxylation is 1. The molecular formula is C20H20N4OS. The zero-order chi connectivity index (χ0) is 18.1. The molecule has 1 saturated heterocycles. The molecule has 0 saturated carbocycles. The molecule has 1 aliphatic heterocycles. The molecule has 5 nitrogen and oxygen atoms in total. The molecule has 1 aromatic carbocycles. The maximum Gasteiger partial charge on any atom is 0.174 e. The lowest BCUT2D eigenvalue weighted by Gasteiger charge is -2.27. The molecule has 6 heteroatoms. The molecule has 4 rings (SSSR count). The van der Waals surface area contributed by atoms with Gasteiger partial charge in [-0.2, -0.15) is 0 Å². The number of aromatic nitrogens is 2. The van der Waals surface area contributed by atoms with Crippen molar-refractivity contribution >= 4 is 23.0 Å². The molecule has 0 aliphatic carbocycles. The Morgan fingerprint density at radius 1 is 1.15 bits per heavy atom. The lowest BCUT2D eigenvalue weighted by Crippen LogP contribution is -2.29. The minimum atomic E-state index is -0.0303. The van der Waals surface area contributed by atoms with Crippen LogP contribution in [0, 0.1) is 0 Å². The number of nitrogens with zero attached hydrogens (tertiary/aromatic N) is 3. The van der Waals surface area contributed by atoms with E-state index in [1.165, 1.54) is 5.56 Å². The molecule has 132 valence electrons. The van der Waals surface area contributed by atoms with Crippen molar-refractivity contribution in [1.82, 2.24) is 14.9 Å². The predicted octanol–water partition coefficient (Wildman–Crippen LogP) is 3.61. The van der Waals surface area contributed by atoms with E-state index in [-0.39, 0.29) is 12.1 Å². The van der Waals surface area contributed by atoms with E-state index in [0.29, 0.717) is 5.11 Å². The van der Waals surface area contributed by atoms with Gasteiger partial charge in [0.05, 0.1) is 24.9 Å². The van der Waals surface area contributed by atoms with Crippen LogP contribution in [0.2, 0.25) is 0 Å². The van der Waals surface area contributed by atoms with Crippen LogP contribution in [0.3, 0.4) is 0 Å². The van der Waals surface area contributed by atoms with E-state index < -0.39 is 0 Å². The highest BCUT2D eigenvalue weighted by atomic mass is 32.1. The van der Waals surface area contributed by atoms with Gasteiger partial charge in [0.1, 0.15) is 5.75 Å². The first-order valence-corrected chi connectivity index (χ1v) is 8.85. The molecule has 3 heterocycles. The van der Waals surface area contributed by atoms with Crippen LogP contribution in [0.15, 0.2) is 67.1 Å². The molecule has 1 fully saturated rings. The van der Waals surface area contributed by atoms with Crippen molar-refractivity contribution in [3.63, 3.8) is 0 Å². The van der Waals surface area contributed by atoms with E-state index in [1.807, 2.05) is 55.7 Å². The molecule has 2 aromatic heterocycles. The third-order valence-corrected chi connectivity index (χ3v) is 4.94. The number of hydrogen-bond acceptors (Lipinski definition) is 3. The third kappa shape index (κ3) is 2.93. The van der Waals surface area contributed by atoms with Crippen LogP contribution in [-0.2, 0) is 7.05 Å². The molecule has 0 unspecified atom stereocenters. The number of pyridine rings is 1. The van der Waals surface area contributed by atoms with E-state index in [0.717, 1.165) is 17.1 Å². The molecule has 26 heavy (non-hydrogen) atoms. The fourth-order valence-electron chi connectivity index (χ4n) is 3.43. The van der Waals surface area contributed by atoms with Crippen LogP contribution in [0.25, 0.3) is 0 Å². The van der Waals surface area contributed by atoms with Crippen molar-refractivity contribution in [2.75, 3.05) is 12.0 Å².